The molecule has 0 unspecified atom stereocenters. The standard InChI is InChI=1S/C16H15FN4O/c17-13-6-4-5-12(9-13)11-21-16(22)19-15(20-21)10-18-14-7-2-1-3-8-14/h1-9,18H,10-11H2,(H,19,20,22). The Balaban J connectivity index is 1.70. The van der Waals surface area contributed by atoms with E-state index in [0.29, 0.717) is 17.9 Å². The van der Waals surface area contributed by atoms with Gasteiger partial charge in [0.05, 0.1) is 13.1 Å². The number of hydrogen-bond acceptors (Lipinski definition) is 3. The first-order chi connectivity index (χ1) is 10.7. The smallest absolute Gasteiger partial charge is 0.343 e. The molecule has 0 saturated carbocycles. The SMILES string of the molecule is O=c1[nH]c(CNc2ccccc2)nn1Cc1cccc(F)c1. The number of H-pyrrole nitrogens is 1. The molecular weight excluding hydrogens is 283 g/mol. The average Bonchev–Trinajstić information content (AvgIpc) is 2.86. The summed E-state index contributed by atoms with van der Waals surface area (Å²) in [6.07, 6.45) is 0. The highest BCUT2D eigenvalue weighted by Gasteiger charge is 2.06. The van der Waals surface area contributed by atoms with Crippen LogP contribution in [0.1, 0.15) is 11.4 Å². The first-order valence-corrected chi connectivity index (χ1v) is 6.90. The predicted octanol–water partition coefficient (Wildman–Crippen LogP) is 2.37. The van der Waals surface area contributed by atoms with Gasteiger partial charge < -0.3 is 5.32 Å². The molecule has 0 saturated heterocycles. The van der Waals surface area contributed by atoms with Crippen LogP contribution in [0.4, 0.5) is 10.1 Å². The molecule has 5 nitrogen and oxygen atoms in total. The van der Waals surface area contributed by atoms with Crippen LogP contribution in [0.2, 0.25) is 0 Å². The molecule has 0 bridgehead atoms. The average molecular weight is 298 g/mol. The number of nitrogens with one attached hydrogen (secondary N) is 2. The lowest BCUT2D eigenvalue weighted by atomic mass is 10.2. The summed E-state index contributed by atoms with van der Waals surface area (Å²) in [5.74, 6) is 0.206. The van der Waals surface area contributed by atoms with Gasteiger partial charge in [-0.25, -0.2) is 13.9 Å². The Morgan fingerprint density at radius 3 is 2.73 bits per heavy atom. The third-order valence-corrected chi connectivity index (χ3v) is 3.18. The molecule has 3 rings (SSSR count). The van der Waals surface area contributed by atoms with Gasteiger partial charge in [0.15, 0.2) is 0 Å². The lowest BCUT2D eigenvalue weighted by molar-refractivity contribution is 0.614. The first kappa shape index (κ1) is 14.1. The van der Waals surface area contributed by atoms with Crippen molar-refractivity contribution in [2.45, 2.75) is 13.1 Å². The molecular formula is C16H15FN4O. The van der Waals surface area contributed by atoms with Crippen molar-refractivity contribution in [3.8, 4) is 0 Å². The van der Waals surface area contributed by atoms with Gasteiger partial charge in [0.2, 0.25) is 0 Å². The van der Waals surface area contributed by atoms with Crippen molar-refractivity contribution in [2.75, 3.05) is 5.32 Å². The highest BCUT2D eigenvalue weighted by atomic mass is 19.1. The molecule has 0 aliphatic carbocycles. The van der Waals surface area contributed by atoms with E-state index in [4.69, 9.17) is 0 Å². The lowest BCUT2D eigenvalue weighted by Gasteiger charge is -2.03. The molecule has 0 radical (unpaired) electrons. The van der Waals surface area contributed by atoms with Gasteiger partial charge in [-0.1, -0.05) is 30.3 Å². The van der Waals surface area contributed by atoms with Gasteiger partial charge in [0.1, 0.15) is 11.6 Å². The second-order valence-corrected chi connectivity index (χ2v) is 4.88. The molecule has 2 N–H and O–H groups in total. The van der Waals surface area contributed by atoms with Crippen molar-refractivity contribution in [1.82, 2.24) is 14.8 Å². The highest BCUT2D eigenvalue weighted by Crippen LogP contribution is 2.07. The number of anilines is 1. The van der Waals surface area contributed by atoms with Gasteiger partial charge in [-0.15, -0.1) is 0 Å². The van der Waals surface area contributed by atoms with Crippen LogP contribution in [0.3, 0.4) is 0 Å². The number of nitrogens with zero attached hydrogens (tertiary/aromatic N) is 2. The summed E-state index contributed by atoms with van der Waals surface area (Å²) in [5.41, 5.74) is 1.33. The molecule has 0 fully saturated rings. The fraction of sp³-hybridized carbons (Fsp3) is 0.125. The van der Waals surface area contributed by atoms with E-state index < -0.39 is 0 Å². The summed E-state index contributed by atoms with van der Waals surface area (Å²) in [6.45, 7) is 0.647. The van der Waals surface area contributed by atoms with Crippen molar-refractivity contribution < 1.29 is 4.39 Å². The Kier molecular flexibility index (Phi) is 4.00. The molecule has 2 aromatic carbocycles. The summed E-state index contributed by atoms with van der Waals surface area (Å²) in [6, 6.07) is 15.8. The van der Waals surface area contributed by atoms with Crippen molar-refractivity contribution in [1.29, 1.82) is 0 Å². The van der Waals surface area contributed by atoms with E-state index in [2.05, 4.69) is 15.4 Å². The fourth-order valence-corrected chi connectivity index (χ4v) is 2.14. The van der Waals surface area contributed by atoms with Gasteiger partial charge >= 0.3 is 5.69 Å². The van der Waals surface area contributed by atoms with E-state index in [1.807, 2.05) is 30.3 Å². The fourth-order valence-electron chi connectivity index (χ4n) is 2.14. The molecule has 1 heterocycles. The zero-order valence-electron chi connectivity index (χ0n) is 11.8. The summed E-state index contributed by atoms with van der Waals surface area (Å²) >= 11 is 0. The van der Waals surface area contributed by atoms with E-state index in [9.17, 15) is 9.18 Å². The third-order valence-electron chi connectivity index (χ3n) is 3.18. The quantitative estimate of drug-likeness (QED) is 0.760. The maximum Gasteiger partial charge on any atom is 0.343 e. The minimum atomic E-state index is -0.327. The maximum absolute atomic E-state index is 13.2. The molecule has 0 spiro atoms. The van der Waals surface area contributed by atoms with Gasteiger partial charge in [-0.3, -0.25) is 4.98 Å². The summed E-state index contributed by atoms with van der Waals surface area (Å²) in [4.78, 5) is 14.6. The maximum atomic E-state index is 13.2. The Bertz CT molecular complexity index is 810. The number of aromatic amines is 1. The largest absolute Gasteiger partial charge is 0.378 e. The van der Waals surface area contributed by atoms with E-state index in [1.54, 1.807) is 12.1 Å². The Morgan fingerprint density at radius 1 is 1.14 bits per heavy atom. The van der Waals surface area contributed by atoms with Crippen molar-refractivity contribution in [3.63, 3.8) is 0 Å². The van der Waals surface area contributed by atoms with Gasteiger partial charge in [0, 0.05) is 5.69 Å². The number of benzene rings is 2. The summed E-state index contributed by atoms with van der Waals surface area (Å²) < 4.78 is 14.4. The number of aromatic nitrogens is 3. The predicted molar refractivity (Wildman–Crippen MR) is 82.1 cm³/mol. The minimum absolute atomic E-state index is 0.235. The van der Waals surface area contributed by atoms with Crippen LogP contribution in [-0.4, -0.2) is 14.8 Å². The molecule has 1 aromatic heterocycles. The van der Waals surface area contributed by atoms with Gasteiger partial charge in [-0.2, -0.15) is 5.10 Å². The first-order valence-electron chi connectivity index (χ1n) is 6.90. The molecule has 0 aliphatic heterocycles. The van der Waals surface area contributed by atoms with E-state index >= 15 is 0 Å². The van der Waals surface area contributed by atoms with Crippen LogP contribution < -0.4 is 11.0 Å². The molecule has 6 heteroatoms. The van der Waals surface area contributed by atoms with Crippen LogP contribution in [0, 0.1) is 5.82 Å². The van der Waals surface area contributed by atoms with Gasteiger partial charge in [0.25, 0.3) is 0 Å². The van der Waals surface area contributed by atoms with Gasteiger partial charge in [-0.05, 0) is 29.8 Å². The van der Waals surface area contributed by atoms with Crippen LogP contribution >= 0.6 is 0 Å². The third kappa shape index (κ3) is 3.41. The minimum Gasteiger partial charge on any atom is -0.378 e. The monoisotopic (exact) mass is 298 g/mol. The van der Waals surface area contributed by atoms with Crippen LogP contribution in [0.5, 0.6) is 0 Å². The zero-order chi connectivity index (χ0) is 15.4. The van der Waals surface area contributed by atoms with Crippen LogP contribution in [0.15, 0.2) is 59.4 Å². The lowest BCUT2D eigenvalue weighted by Crippen LogP contribution is -2.18. The van der Waals surface area contributed by atoms with Crippen LogP contribution in [0.25, 0.3) is 0 Å². The zero-order valence-corrected chi connectivity index (χ0v) is 11.8. The molecule has 3 aromatic rings. The molecule has 0 atom stereocenters. The number of halogens is 1. The molecule has 22 heavy (non-hydrogen) atoms. The second kappa shape index (κ2) is 6.26. The van der Waals surface area contributed by atoms with Crippen molar-refractivity contribution >= 4 is 5.69 Å². The topological polar surface area (TPSA) is 62.7 Å². The number of rotatable bonds is 5. The van der Waals surface area contributed by atoms with Crippen LogP contribution in [-0.2, 0) is 13.1 Å². The van der Waals surface area contributed by atoms with E-state index in [1.165, 1.54) is 16.8 Å². The second-order valence-electron chi connectivity index (χ2n) is 4.88. The van der Waals surface area contributed by atoms with Crippen molar-refractivity contribution in [2.24, 2.45) is 0 Å². The molecule has 0 aliphatic rings. The summed E-state index contributed by atoms with van der Waals surface area (Å²) in [5, 5.41) is 7.38. The Hall–Kier alpha value is -2.89. The number of hydrogen-bond donors (Lipinski definition) is 2. The number of para-hydroxylation sites is 1. The Morgan fingerprint density at radius 2 is 1.95 bits per heavy atom. The normalized spacial score (nSPS) is 10.6. The molecule has 0 amide bonds. The highest BCUT2D eigenvalue weighted by molar-refractivity contribution is 5.42. The Labute approximate surface area is 126 Å². The summed E-state index contributed by atoms with van der Waals surface area (Å²) in [7, 11) is 0. The van der Waals surface area contributed by atoms with Crippen molar-refractivity contribution in [3.05, 3.63) is 82.3 Å². The molecule has 112 valence electrons. The van der Waals surface area contributed by atoms with E-state index in [-0.39, 0.29) is 18.1 Å². The van der Waals surface area contributed by atoms with E-state index in [0.717, 1.165) is 5.69 Å².